The highest BCUT2D eigenvalue weighted by molar-refractivity contribution is 7.14. The van der Waals surface area contributed by atoms with Gasteiger partial charge in [-0.15, -0.1) is 11.3 Å². The molecule has 0 radical (unpaired) electrons. The van der Waals surface area contributed by atoms with Gasteiger partial charge in [-0.3, -0.25) is 14.3 Å². The molecule has 0 aromatic carbocycles. The molecular formula is C18H20ClF3N4O3S. The predicted molar refractivity (Wildman–Crippen MR) is 104 cm³/mol. The number of halogens is 4. The first-order valence-corrected chi connectivity index (χ1v) is 10.4. The summed E-state index contributed by atoms with van der Waals surface area (Å²) >= 11 is 7.29. The van der Waals surface area contributed by atoms with Crippen molar-refractivity contribution < 1.29 is 27.5 Å². The van der Waals surface area contributed by atoms with Gasteiger partial charge in [-0.1, -0.05) is 11.6 Å². The average Bonchev–Trinajstić information content (AvgIpc) is 3.27. The van der Waals surface area contributed by atoms with Crippen LogP contribution in [0.2, 0.25) is 4.34 Å². The number of rotatable bonds is 6. The minimum absolute atomic E-state index is 0.00377. The van der Waals surface area contributed by atoms with Crippen molar-refractivity contribution in [3.05, 3.63) is 33.7 Å². The topological polar surface area (TPSA) is 76.5 Å². The molecule has 2 unspecified atom stereocenters. The third-order valence-electron chi connectivity index (χ3n) is 4.82. The van der Waals surface area contributed by atoms with Crippen molar-refractivity contribution in [2.75, 3.05) is 19.7 Å². The second kappa shape index (κ2) is 9.25. The molecule has 1 aliphatic rings. The number of piperidine rings is 1. The number of amides is 2. The Labute approximate surface area is 179 Å². The number of hydrogen-bond acceptors (Lipinski definition) is 5. The number of carbonyl (C=O) groups excluding carboxylic acids is 2. The first-order chi connectivity index (χ1) is 14.1. The van der Waals surface area contributed by atoms with Gasteiger partial charge < -0.3 is 15.0 Å². The highest BCUT2D eigenvalue weighted by Crippen LogP contribution is 2.35. The summed E-state index contributed by atoms with van der Waals surface area (Å²) in [7, 11) is 1.66. The minimum atomic E-state index is -4.49. The lowest BCUT2D eigenvalue weighted by atomic mass is 9.90. The molecule has 0 spiro atoms. The monoisotopic (exact) mass is 464 g/mol. The summed E-state index contributed by atoms with van der Waals surface area (Å²) in [6.07, 6.45) is -1.86. The highest BCUT2D eigenvalue weighted by atomic mass is 35.5. The molecule has 2 aromatic rings. The molecule has 164 valence electrons. The molecule has 1 fully saturated rings. The third kappa shape index (κ3) is 5.66. The van der Waals surface area contributed by atoms with Gasteiger partial charge in [0.25, 0.3) is 5.91 Å². The van der Waals surface area contributed by atoms with Crippen LogP contribution >= 0.6 is 22.9 Å². The first kappa shape index (κ1) is 22.4. The smallest absolute Gasteiger partial charge is 0.393 e. The Morgan fingerprint density at radius 1 is 1.43 bits per heavy atom. The van der Waals surface area contributed by atoms with Crippen molar-refractivity contribution in [3.8, 4) is 5.75 Å². The van der Waals surface area contributed by atoms with E-state index >= 15 is 0 Å². The van der Waals surface area contributed by atoms with E-state index in [4.69, 9.17) is 16.3 Å². The van der Waals surface area contributed by atoms with Crippen molar-refractivity contribution >= 4 is 34.8 Å². The predicted octanol–water partition coefficient (Wildman–Crippen LogP) is 2.65. The second-order valence-corrected chi connectivity index (χ2v) is 8.50. The summed E-state index contributed by atoms with van der Waals surface area (Å²) in [6, 6.07) is 0.452. The van der Waals surface area contributed by atoms with Crippen LogP contribution in [0.5, 0.6) is 5.75 Å². The van der Waals surface area contributed by atoms with Crippen LogP contribution in [0.25, 0.3) is 0 Å². The normalized spacial score (nSPS) is 19.6. The molecule has 3 rings (SSSR count). The van der Waals surface area contributed by atoms with Crippen molar-refractivity contribution in [1.82, 2.24) is 20.0 Å². The number of nitrogens with zero attached hydrogens (tertiary/aromatic N) is 3. The summed E-state index contributed by atoms with van der Waals surface area (Å²) in [5.74, 6) is -2.45. The zero-order chi connectivity index (χ0) is 21.9. The highest BCUT2D eigenvalue weighted by Gasteiger charge is 2.48. The van der Waals surface area contributed by atoms with E-state index in [9.17, 15) is 22.8 Å². The molecule has 2 aromatic heterocycles. The molecular weight excluding hydrogens is 445 g/mol. The molecule has 0 bridgehead atoms. The van der Waals surface area contributed by atoms with E-state index in [-0.39, 0.29) is 31.8 Å². The van der Waals surface area contributed by atoms with Crippen molar-refractivity contribution in [2.24, 2.45) is 13.0 Å². The van der Waals surface area contributed by atoms with Crippen LogP contribution in [-0.2, 0) is 23.1 Å². The van der Waals surface area contributed by atoms with Crippen LogP contribution in [0.3, 0.4) is 0 Å². The Bertz CT molecular complexity index is 901. The quantitative estimate of drug-likeness (QED) is 0.713. The average molecular weight is 465 g/mol. The SMILES string of the molecule is Cn1cc(OCC(=O)NC2CN(C(=O)Cc3ccsc3Cl)CCC2C(F)(F)F)cn1. The Balaban J connectivity index is 1.62. The minimum Gasteiger partial charge on any atom is -0.480 e. The number of aryl methyl sites for hydroxylation is 1. The van der Waals surface area contributed by atoms with E-state index in [0.717, 1.165) is 0 Å². The molecule has 0 saturated carbocycles. The standard InChI is InChI=1S/C18H20ClF3N4O3S/c1-25-8-12(7-23-25)29-10-15(27)24-14-9-26(4-2-13(14)18(20,21)22)16(28)6-11-3-5-30-17(11)19/h3,5,7-8,13-14H,2,4,6,9-10H2,1H3,(H,24,27). The van der Waals surface area contributed by atoms with Crippen LogP contribution in [0.4, 0.5) is 13.2 Å². The maximum Gasteiger partial charge on any atom is 0.393 e. The number of nitrogens with one attached hydrogen (secondary N) is 1. The Hall–Kier alpha value is -2.27. The fourth-order valence-corrected chi connectivity index (χ4v) is 4.23. The maximum atomic E-state index is 13.5. The summed E-state index contributed by atoms with van der Waals surface area (Å²) < 4.78 is 47.6. The summed E-state index contributed by atoms with van der Waals surface area (Å²) in [5, 5.41) is 8.00. The Morgan fingerprint density at radius 3 is 2.80 bits per heavy atom. The van der Waals surface area contributed by atoms with Gasteiger partial charge in [-0.05, 0) is 23.4 Å². The lowest BCUT2D eigenvalue weighted by Gasteiger charge is -2.39. The van der Waals surface area contributed by atoms with E-state index in [1.807, 2.05) is 0 Å². The van der Waals surface area contributed by atoms with E-state index in [1.165, 1.54) is 33.3 Å². The van der Waals surface area contributed by atoms with Gasteiger partial charge in [0.2, 0.25) is 5.91 Å². The molecule has 30 heavy (non-hydrogen) atoms. The lowest BCUT2D eigenvalue weighted by molar-refractivity contribution is -0.194. The zero-order valence-electron chi connectivity index (χ0n) is 16.0. The molecule has 7 nitrogen and oxygen atoms in total. The molecule has 1 saturated heterocycles. The molecule has 1 N–H and O–H groups in total. The number of thiophene rings is 1. The summed E-state index contributed by atoms with van der Waals surface area (Å²) in [6.45, 7) is -0.724. The van der Waals surface area contributed by atoms with Crippen molar-refractivity contribution in [2.45, 2.75) is 25.1 Å². The molecule has 2 atom stereocenters. The molecule has 0 aliphatic carbocycles. The Morgan fingerprint density at radius 2 is 2.20 bits per heavy atom. The van der Waals surface area contributed by atoms with Gasteiger partial charge in [0, 0.05) is 20.1 Å². The number of alkyl halides is 3. The summed E-state index contributed by atoms with van der Waals surface area (Å²) in [4.78, 5) is 26.1. The zero-order valence-corrected chi connectivity index (χ0v) is 17.6. The van der Waals surface area contributed by atoms with Crippen LogP contribution in [-0.4, -0.2) is 58.4 Å². The van der Waals surface area contributed by atoms with Crippen molar-refractivity contribution in [3.63, 3.8) is 0 Å². The van der Waals surface area contributed by atoms with Crippen LogP contribution < -0.4 is 10.1 Å². The number of likely N-dealkylation sites (tertiary alicyclic amines) is 1. The van der Waals surface area contributed by atoms with Crippen LogP contribution in [0.15, 0.2) is 23.8 Å². The van der Waals surface area contributed by atoms with E-state index in [2.05, 4.69) is 10.4 Å². The molecule has 1 aliphatic heterocycles. The van der Waals surface area contributed by atoms with E-state index in [0.29, 0.717) is 15.6 Å². The Kier molecular flexibility index (Phi) is 6.91. The van der Waals surface area contributed by atoms with Crippen LogP contribution in [0.1, 0.15) is 12.0 Å². The maximum absolute atomic E-state index is 13.5. The molecule has 12 heteroatoms. The number of hydrogen-bond donors (Lipinski definition) is 1. The number of ether oxygens (including phenoxy) is 1. The lowest BCUT2D eigenvalue weighted by Crippen LogP contribution is -2.58. The fraction of sp³-hybridized carbons (Fsp3) is 0.500. The molecule has 3 heterocycles. The first-order valence-electron chi connectivity index (χ1n) is 9.10. The third-order valence-corrected chi connectivity index (χ3v) is 6.07. The van der Waals surface area contributed by atoms with Gasteiger partial charge in [0.1, 0.15) is 0 Å². The second-order valence-electron chi connectivity index (χ2n) is 6.99. The van der Waals surface area contributed by atoms with Gasteiger partial charge in [0.05, 0.1) is 35.1 Å². The largest absolute Gasteiger partial charge is 0.480 e. The fourth-order valence-electron chi connectivity index (χ4n) is 3.31. The van der Waals surface area contributed by atoms with Gasteiger partial charge in [-0.25, -0.2) is 0 Å². The summed E-state index contributed by atoms with van der Waals surface area (Å²) in [5.41, 5.74) is 0.634. The number of carbonyl (C=O) groups is 2. The van der Waals surface area contributed by atoms with Crippen molar-refractivity contribution in [1.29, 1.82) is 0 Å². The van der Waals surface area contributed by atoms with Crippen LogP contribution in [0, 0.1) is 5.92 Å². The van der Waals surface area contributed by atoms with Gasteiger partial charge in [0.15, 0.2) is 12.4 Å². The van der Waals surface area contributed by atoms with Gasteiger partial charge >= 0.3 is 6.18 Å². The molecule has 2 amide bonds. The number of aromatic nitrogens is 2. The van der Waals surface area contributed by atoms with E-state index in [1.54, 1.807) is 18.5 Å². The van der Waals surface area contributed by atoms with Gasteiger partial charge in [-0.2, -0.15) is 18.3 Å². The van der Waals surface area contributed by atoms with E-state index < -0.39 is 30.7 Å².